The molecule has 1 amide bonds. The summed E-state index contributed by atoms with van der Waals surface area (Å²) >= 11 is 0. The Hall–Kier alpha value is -1.71. The van der Waals surface area contributed by atoms with E-state index in [-0.39, 0.29) is 12.3 Å². The highest BCUT2D eigenvalue weighted by Crippen LogP contribution is 2.29. The Balaban J connectivity index is 1.85. The molecule has 98 valence electrons. The molecule has 1 aromatic rings. The van der Waals surface area contributed by atoms with E-state index in [2.05, 4.69) is 5.32 Å². The molecule has 0 heterocycles. The van der Waals surface area contributed by atoms with Gasteiger partial charge in [0.15, 0.2) is 0 Å². The average Bonchev–Trinajstić information content (AvgIpc) is 2.28. The van der Waals surface area contributed by atoms with Crippen LogP contribution in [0.1, 0.15) is 25.7 Å². The lowest BCUT2D eigenvalue weighted by Gasteiger charge is -2.26. The van der Waals surface area contributed by atoms with Crippen LogP contribution in [-0.2, 0) is 4.79 Å². The predicted molar refractivity (Wildman–Crippen MR) is 71.6 cm³/mol. The monoisotopic (exact) mass is 248 g/mol. The normalized spacial score (nSPS) is 14.9. The number of benzene rings is 1. The molecule has 4 heteroatoms. The molecule has 1 saturated carbocycles. The fourth-order valence-corrected chi connectivity index (χ4v) is 1.95. The molecule has 0 aliphatic heterocycles. The second kappa shape index (κ2) is 6.28. The van der Waals surface area contributed by atoms with Crippen molar-refractivity contribution in [2.75, 3.05) is 18.5 Å². The molecule has 0 unspecified atom stereocenters. The molecule has 0 bridgehead atoms. The van der Waals surface area contributed by atoms with Crippen LogP contribution in [0.4, 0.5) is 5.69 Å². The first-order valence-electron chi connectivity index (χ1n) is 6.49. The number of rotatable bonds is 7. The number of carbonyl (C=O) groups excluding carboxylic acids is 1. The van der Waals surface area contributed by atoms with Crippen molar-refractivity contribution in [2.45, 2.75) is 25.7 Å². The van der Waals surface area contributed by atoms with Gasteiger partial charge in [0.2, 0.25) is 5.91 Å². The highest BCUT2D eigenvalue weighted by molar-refractivity contribution is 5.73. The average molecular weight is 248 g/mol. The first-order chi connectivity index (χ1) is 8.75. The maximum atomic E-state index is 10.7. The third-order valence-corrected chi connectivity index (χ3v) is 3.30. The van der Waals surface area contributed by atoms with E-state index in [9.17, 15) is 4.79 Å². The van der Waals surface area contributed by atoms with Gasteiger partial charge in [-0.25, -0.2) is 0 Å². The number of hydrogen-bond donors (Lipinski definition) is 2. The van der Waals surface area contributed by atoms with Crippen LogP contribution in [0.25, 0.3) is 0 Å². The zero-order chi connectivity index (χ0) is 12.8. The van der Waals surface area contributed by atoms with Gasteiger partial charge in [-0.1, -0.05) is 18.6 Å². The Kier molecular flexibility index (Phi) is 4.45. The molecular formula is C14H20N2O2. The first kappa shape index (κ1) is 12.7. The number of anilines is 1. The molecule has 0 atom stereocenters. The fourth-order valence-electron chi connectivity index (χ4n) is 1.95. The van der Waals surface area contributed by atoms with E-state index in [1.807, 2.05) is 24.3 Å². The van der Waals surface area contributed by atoms with Gasteiger partial charge in [0.25, 0.3) is 0 Å². The van der Waals surface area contributed by atoms with Gasteiger partial charge in [-0.15, -0.1) is 0 Å². The molecule has 1 aliphatic carbocycles. The lowest BCUT2D eigenvalue weighted by Crippen LogP contribution is -2.21. The number of nitrogens with two attached hydrogens (primary N) is 1. The summed E-state index contributed by atoms with van der Waals surface area (Å²) in [6.45, 7) is 1.33. The number of primary amides is 1. The number of carbonyl (C=O) groups is 1. The molecule has 0 radical (unpaired) electrons. The van der Waals surface area contributed by atoms with Crippen LogP contribution in [-0.4, -0.2) is 19.1 Å². The van der Waals surface area contributed by atoms with Crippen molar-refractivity contribution in [3.8, 4) is 5.75 Å². The van der Waals surface area contributed by atoms with Crippen molar-refractivity contribution in [1.82, 2.24) is 0 Å². The van der Waals surface area contributed by atoms with E-state index >= 15 is 0 Å². The molecule has 3 N–H and O–H groups in total. The van der Waals surface area contributed by atoms with Crippen molar-refractivity contribution >= 4 is 11.6 Å². The molecule has 0 spiro atoms. The SMILES string of the molecule is NC(=O)CCOc1ccccc1NCC1CCC1. The van der Waals surface area contributed by atoms with Gasteiger partial charge in [0.05, 0.1) is 18.7 Å². The van der Waals surface area contributed by atoms with Crippen LogP contribution < -0.4 is 15.8 Å². The number of amides is 1. The van der Waals surface area contributed by atoms with Gasteiger partial charge in [-0.3, -0.25) is 4.79 Å². The second-order valence-corrected chi connectivity index (χ2v) is 4.74. The Bertz CT molecular complexity index is 403. The molecular weight excluding hydrogens is 228 g/mol. The predicted octanol–water partition coefficient (Wildman–Crippen LogP) is 2.15. The summed E-state index contributed by atoms with van der Waals surface area (Å²) in [7, 11) is 0. The number of hydrogen-bond acceptors (Lipinski definition) is 3. The van der Waals surface area contributed by atoms with Crippen molar-refractivity contribution in [3.63, 3.8) is 0 Å². The Morgan fingerprint density at radius 2 is 2.17 bits per heavy atom. The molecule has 18 heavy (non-hydrogen) atoms. The third-order valence-electron chi connectivity index (χ3n) is 3.30. The molecule has 1 aromatic carbocycles. The van der Waals surface area contributed by atoms with Crippen molar-refractivity contribution in [3.05, 3.63) is 24.3 Å². The van der Waals surface area contributed by atoms with Gasteiger partial charge < -0.3 is 15.8 Å². The summed E-state index contributed by atoms with van der Waals surface area (Å²) in [5.41, 5.74) is 6.08. The maximum Gasteiger partial charge on any atom is 0.220 e. The lowest BCUT2D eigenvalue weighted by atomic mass is 9.85. The largest absolute Gasteiger partial charge is 0.491 e. The van der Waals surface area contributed by atoms with Crippen LogP contribution in [0.3, 0.4) is 0 Å². The highest BCUT2D eigenvalue weighted by Gasteiger charge is 2.17. The van der Waals surface area contributed by atoms with Crippen LogP contribution in [0.5, 0.6) is 5.75 Å². The first-order valence-corrected chi connectivity index (χ1v) is 6.49. The van der Waals surface area contributed by atoms with Gasteiger partial charge in [0, 0.05) is 6.54 Å². The smallest absolute Gasteiger partial charge is 0.220 e. The van der Waals surface area contributed by atoms with Crippen LogP contribution >= 0.6 is 0 Å². The molecule has 1 fully saturated rings. The van der Waals surface area contributed by atoms with E-state index < -0.39 is 0 Å². The number of para-hydroxylation sites is 2. The molecule has 0 aromatic heterocycles. The summed E-state index contributed by atoms with van der Waals surface area (Å²) in [6.07, 6.45) is 4.23. The molecule has 4 nitrogen and oxygen atoms in total. The van der Waals surface area contributed by atoms with Gasteiger partial charge in [0.1, 0.15) is 5.75 Å². The Morgan fingerprint density at radius 3 is 2.83 bits per heavy atom. The topological polar surface area (TPSA) is 64.4 Å². The zero-order valence-corrected chi connectivity index (χ0v) is 10.5. The minimum atomic E-state index is -0.338. The summed E-state index contributed by atoms with van der Waals surface area (Å²) in [5.74, 6) is 1.25. The van der Waals surface area contributed by atoms with Crippen molar-refractivity contribution in [2.24, 2.45) is 11.7 Å². The highest BCUT2D eigenvalue weighted by atomic mass is 16.5. The van der Waals surface area contributed by atoms with Crippen LogP contribution in [0.2, 0.25) is 0 Å². The van der Waals surface area contributed by atoms with E-state index in [1.165, 1.54) is 19.3 Å². The maximum absolute atomic E-state index is 10.7. The van der Waals surface area contributed by atoms with E-state index in [4.69, 9.17) is 10.5 Å². The van der Waals surface area contributed by atoms with Crippen molar-refractivity contribution < 1.29 is 9.53 Å². The van der Waals surface area contributed by atoms with Gasteiger partial charge in [-0.2, -0.15) is 0 Å². The van der Waals surface area contributed by atoms with Crippen LogP contribution in [0.15, 0.2) is 24.3 Å². The molecule has 0 saturated heterocycles. The minimum absolute atomic E-state index is 0.247. The summed E-state index contributed by atoms with van der Waals surface area (Å²) < 4.78 is 5.57. The molecule has 2 rings (SSSR count). The van der Waals surface area contributed by atoms with E-state index in [0.717, 1.165) is 23.9 Å². The van der Waals surface area contributed by atoms with Crippen LogP contribution in [0, 0.1) is 5.92 Å². The quantitative estimate of drug-likeness (QED) is 0.777. The lowest BCUT2D eigenvalue weighted by molar-refractivity contribution is -0.118. The van der Waals surface area contributed by atoms with Gasteiger partial charge in [-0.05, 0) is 30.9 Å². The number of ether oxygens (including phenoxy) is 1. The summed E-state index contributed by atoms with van der Waals surface area (Å²) in [5, 5.41) is 3.41. The second-order valence-electron chi connectivity index (χ2n) is 4.74. The third kappa shape index (κ3) is 3.65. The molecule has 1 aliphatic rings. The van der Waals surface area contributed by atoms with E-state index in [1.54, 1.807) is 0 Å². The van der Waals surface area contributed by atoms with Gasteiger partial charge >= 0.3 is 0 Å². The number of nitrogens with one attached hydrogen (secondary N) is 1. The zero-order valence-electron chi connectivity index (χ0n) is 10.5. The summed E-state index contributed by atoms with van der Waals surface area (Å²) in [6, 6.07) is 7.81. The Morgan fingerprint density at radius 1 is 1.39 bits per heavy atom. The summed E-state index contributed by atoms with van der Waals surface area (Å²) in [4.78, 5) is 10.7. The Labute approximate surface area is 108 Å². The van der Waals surface area contributed by atoms with Crippen molar-refractivity contribution in [1.29, 1.82) is 0 Å². The standard InChI is InChI=1S/C14H20N2O2/c15-14(17)8-9-18-13-7-2-1-6-12(13)16-10-11-4-3-5-11/h1-2,6-7,11,16H,3-5,8-10H2,(H2,15,17). The fraction of sp³-hybridized carbons (Fsp3) is 0.500. The minimum Gasteiger partial charge on any atom is -0.491 e. The van der Waals surface area contributed by atoms with E-state index in [0.29, 0.717) is 6.61 Å².